The van der Waals surface area contributed by atoms with Crippen LogP contribution in [0.5, 0.6) is 0 Å². The lowest BCUT2D eigenvalue weighted by molar-refractivity contribution is -0.161. The van der Waals surface area contributed by atoms with Crippen LogP contribution in [0, 0.1) is 0 Å². The lowest BCUT2D eigenvalue weighted by atomic mass is 10.0. The van der Waals surface area contributed by atoms with Gasteiger partial charge in [-0.15, -0.1) is 0 Å². The highest BCUT2D eigenvalue weighted by molar-refractivity contribution is 7.47. The van der Waals surface area contributed by atoms with Crippen molar-refractivity contribution in [3.8, 4) is 0 Å². The van der Waals surface area contributed by atoms with E-state index < -0.39 is 78.4 Å². The van der Waals surface area contributed by atoms with Gasteiger partial charge >= 0.3 is 27.6 Å². The SMILES string of the molecule is CCCCCCCCCCCCCCCCCC(=O)OC[C@H](COP(=O)(O)OC[C@@H](O)COP(=O)(O)O)OC(=O)CCC[C@H](O)/C=C/C=C\C/C=C\C=C\[C@H](O)CCCCC. The number of carbonyl (C=O) groups is 2. The summed E-state index contributed by atoms with van der Waals surface area (Å²) in [6.45, 7) is 1.41. The van der Waals surface area contributed by atoms with E-state index >= 15 is 0 Å². The molecule has 0 spiro atoms. The van der Waals surface area contributed by atoms with Gasteiger partial charge in [-0.25, -0.2) is 9.13 Å². The minimum Gasteiger partial charge on any atom is -0.462 e. The molecule has 356 valence electrons. The van der Waals surface area contributed by atoms with Crippen molar-refractivity contribution >= 4 is 27.6 Å². The molecule has 0 fully saturated rings. The van der Waals surface area contributed by atoms with Crippen molar-refractivity contribution in [2.75, 3.05) is 26.4 Å². The molecule has 5 atom stereocenters. The fraction of sp³-hybridized carbons (Fsp3) is 0.773. The topological polar surface area (TPSA) is 236 Å². The van der Waals surface area contributed by atoms with Crippen LogP contribution in [-0.4, -0.2) is 92.8 Å². The van der Waals surface area contributed by atoms with Crippen LogP contribution in [-0.2, 0) is 41.8 Å². The maximum Gasteiger partial charge on any atom is 0.472 e. The number of carbonyl (C=O) groups excluding carboxylic acids is 2. The van der Waals surface area contributed by atoms with Crippen LogP contribution in [0.25, 0.3) is 0 Å². The van der Waals surface area contributed by atoms with Gasteiger partial charge < -0.3 is 39.5 Å². The van der Waals surface area contributed by atoms with Gasteiger partial charge in [0.15, 0.2) is 6.10 Å². The molecule has 15 nitrogen and oxygen atoms in total. The third-order valence-electron chi connectivity index (χ3n) is 9.42. The Hall–Kier alpha value is -2.00. The van der Waals surface area contributed by atoms with Gasteiger partial charge in [-0.05, 0) is 32.1 Å². The van der Waals surface area contributed by atoms with Crippen molar-refractivity contribution in [2.45, 2.75) is 192 Å². The van der Waals surface area contributed by atoms with Gasteiger partial charge in [-0.2, -0.15) is 0 Å². The molecular formula is C44H80O15P2. The zero-order chi connectivity index (χ0) is 45.5. The number of unbranched alkanes of at least 4 members (excludes halogenated alkanes) is 16. The Morgan fingerprint density at radius 1 is 0.525 bits per heavy atom. The van der Waals surface area contributed by atoms with Gasteiger partial charge in [0.1, 0.15) is 12.7 Å². The molecule has 0 heterocycles. The first kappa shape index (κ1) is 59.0. The largest absolute Gasteiger partial charge is 0.472 e. The van der Waals surface area contributed by atoms with Gasteiger partial charge in [0, 0.05) is 12.8 Å². The number of hydrogen-bond donors (Lipinski definition) is 6. The smallest absolute Gasteiger partial charge is 0.462 e. The fourth-order valence-corrected chi connectivity index (χ4v) is 7.07. The number of phosphoric ester groups is 2. The molecule has 1 unspecified atom stereocenters. The molecule has 0 saturated carbocycles. The summed E-state index contributed by atoms with van der Waals surface area (Å²) in [4.78, 5) is 52.7. The van der Waals surface area contributed by atoms with Gasteiger partial charge in [-0.3, -0.25) is 23.2 Å². The van der Waals surface area contributed by atoms with Gasteiger partial charge in [-0.1, -0.05) is 172 Å². The second kappa shape index (κ2) is 39.6. The molecule has 0 saturated heterocycles. The average molecular weight is 911 g/mol. The second-order valence-corrected chi connectivity index (χ2v) is 18.1. The molecule has 0 aliphatic rings. The summed E-state index contributed by atoms with van der Waals surface area (Å²) in [7, 11) is -9.76. The molecule has 61 heavy (non-hydrogen) atoms. The van der Waals surface area contributed by atoms with E-state index in [0.717, 1.165) is 44.9 Å². The number of ether oxygens (including phenoxy) is 2. The van der Waals surface area contributed by atoms with Crippen molar-refractivity contribution in [1.82, 2.24) is 0 Å². The third-order valence-corrected chi connectivity index (χ3v) is 10.9. The molecular weight excluding hydrogens is 830 g/mol. The zero-order valence-corrected chi connectivity index (χ0v) is 38.8. The number of esters is 2. The molecule has 0 aromatic carbocycles. The van der Waals surface area contributed by atoms with Crippen LogP contribution in [0.15, 0.2) is 48.6 Å². The van der Waals surface area contributed by atoms with Crippen LogP contribution in [0.1, 0.15) is 168 Å². The fourth-order valence-electron chi connectivity index (χ4n) is 5.91. The molecule has 0 radical (unpaired) electrons. The van der Waals surface area contributed by atoms with E-state index in [1.54, 1.807) is 24.3 Å². The molecule has 0 aromatic heterocycles. The Morgan fingerprint density at radius 3 is 1.49 bits per heavy atom. The second-order valence-electron chi connectivity index (χ2n) is 15.4. The summed E-state index contributed by atoms with van der Waals surface area (Å²) in [5.74, 6) is -1.26. The van der Waals surface area contributed by atoms with E-state index in [2.05, 4.69) is 22.9 Å². The van der Waals surface area contributed by atoms with Crippen molar-refractivity contribution in [2.24, 2.45) is 0 Å². The van der Waals surface area contributed by atoms with E-state index in [1.807, 2.05) is 24.3 Å². The van der Waals surface area contributed by atoms with E-state index in [-0.39, 0.29) is 25.7 Å². The quantitative estimate of drug-likeness (QED) is 0.0145. The highest BCUT2D eigenvalue weighted by Crippen LogP contribution is 2.43. The number of phosphoric acid groups is 2. The summed E-state index contributed by atoms with van der Waals surface area (Å²) in [5, 5.41) is 29.9. The number of aliphatic hydroxyl groups excluding tert-OH is 3. The first-order valence-electron chi connectivity index (χ1n) is 22.5. The average Bonchev–Trinajstić information content (AvgIpc) is 3.21. The zero-order valence-electron chi connectivity index (χ0n) is 37.0. The first-order chi connectivity index (χ1) is 29.2. The molecule has 0 aliphatic heterocycles. The highest BCUT2D eigenvalue weighted by Gasteiger charge is 2.28. The first-order valence-corrected chi connectivity index (χ1v) is 25.6. The summed E-state index contributed by atoms with van der Waals surface area (Å²) in [6.07, 6.45) is 33.1. The van der Waals surface area contributed by atoms with Crippen molar-refractivity contribution in [3.63, 3.8) is 0 Å². The Bertz CT molecular complexity index is 1300. The van der Waals surface area contributed by atoms with Gasteiger partial charge in [0.25, 0.3) is 0 Å². The molecule has 17 heteroatoms. The molecule has 0 amide bonds. The van der Waals surface area contributed by atoms with E-state index in [9.17, 15) is 38.9 Å². The van der Waals surface area contributed by atoms with Gasteiger partial charge in [0.2, 0.25) is 0 Å². The van der Waals surface area contributed by atoms with Crippen molar-refractivity contribution in [1.29, 1.82) is 0 Å². The predicted molar refractivity (Wildman–Crippen MR) is 237 cm³/mol. The van der Waals surface area contributed by atoms with E-state index in [0.29, 0.717) is 12.8 Å². The van der Waals surface area contributed by atoms with Crippen LogP contribution in [0.2, 0.25) is 0 Å². The maximum atomic E-state index is 12.7. The number of aliphatic hydroxyl groups is 3. The number of rotatable bonds is 42. The summed E-state index contributed by atoms with van der Waals surface area (Å²) in [5.41, 5.74) is 0. The highest BCUT2D eigenvalue weighted by atomic mass is 31.2. The van der Waals surface area contributed by atoms with Crippen molar-refractivity contribution in [3.05, 3.63) is 48.6 Å². The lowest BCUT2D eigenvalue weighted by Gasteiger charge is -2.20. The number of allylic oxidation sites excluding steroid dienone is 6. The molecule has 0 bridgehead atoms. The van der Waals surface area contributed by atoms with Gasteiger partial charge in [0.05, 0.1) is 32.0 Å². The molecule has 6 N–H and O–H groups in total. The summed E-state index contributed by atoms with van der Waals surface area (Å²) >= 11 is 0. The van der Waals surface area contributed by atoms with Crippen LogP contribution < -0.4 is 0 Å². The standard InChI is InChI=1S/C44H80O15P2/c1-3-5-7-8-9-10-11-12-13-14-15-16-20-23-27-33-43(48)55-37-42(38-58-61(53,54)57-36-41(47)35-56-60(50,51)52)59-44(49)34-28-32-40(46)31-26-22-19-17-18-21-25-30-39(45)29-24-6-4-2/h18-19,21-22,25-26,30-31,39-42,45-47H,3-17,20,23-24,27-29,32-38H2,1-2H3,(H,53,54)(H2,50,51,52)/b21-18-,22-19-,30-25+,31-26+/t39-,40-,41+,42-/m1/s1. The predicted octanol–water partition coefficient (Wildman–Crippen LogP) is 9.39. The maximum absolute atomic E-state index is 12.7. The Labute approximate surface area is 365 Å². The van der Waals surface area contributed by atoms with Crippen LogP contribution in [0.3, 0.4) is 0 Å². The van der Waals surface area contributed by atoms with E-state index in [4.69, 9.17) is 23.8 Å². The number of hydrogen-bond acceptors (Lipinski definition) is 12. The normalized spacial score (nSPS) is 15.5. The van der Waals surface area contributed by atoms with Crippen LogP contribution >= 0.6 is 15.6 Å². The molecule has 0 rings (SSSR count). The Morgan fingerprint density at radius 2 is 0.967 bits per heavy atom. The summed E-state index contributed by atoms with van der Waals surface area (Å²) in [6, 6.07) is 0. The Balaban J connectivity index is 4.73. The summed E-state index contributed by atoms with van der Waals surface area (Å²) < 4.78 is 47.6. The molecule has 0 aromatic rings. The third kappa shape index (κ3) is 43.1. The van der Waals surface area contributed by atoms with E-state index in [1.165, 1.54) is 70.6 Å². The minimum absolute atomic E-state index is 0.116. The molecule has 0 aliphatic carbocycles. The van der Waals surface area contributed by atoms with Crippen molar-refractivity contribution < 1.29 is 71.8 Å². The van der Waals surface area contributed by atoms with Crippen LogP contribution in [0.4, 0.5) is 0 Å². The minimum atomic E-state index is -4.89. The Kier molecular flexibility index (Phi) is 38.3. The lowest BCUT2D eigenvalue weighted by Crippen LogP contribution is -2.30. The monoisotopic (exact) mass is 910 g/mol.